The third kappa shape index (κ3) is 4.96. The molecule has 0 heterocycles. The molecule has 6 nitrogen and oxygen atoms in total. The molecule has 0 aliphatic heterocycles. The molecule has 2 N–H and O–H groups in total. The zero-order valence-electron chi connectivity index (χ0n) is 12.6. The molecule has 0 unspecified atom stereocenters. The molecule has 0 bridgehead atoms. The second-order valence-corrected chi connectivity index (χ2v) is 4.65. The molecule has 7 heteroatoms. The second kappa shape index (κ2) is 8.29. The molecule has 1 aromatic carbocycles. The molecule has 0 saturated carbocycles. The van der Waals surface area contributed by atoms with E-state index in [1.165, 1.54) is 13.0 Å². The lowest BCUT2D eigenvalue weighted by Gasteiger charge is -2.13. The van der Waals surface area contributed by atoms with E-state index in [-0.39, 0.29) is 5.70 Å². The molecule has 0 atom stereocenters. The number of carboxylic acids is 1. The van der Waals surface area contributed by atoms with E-state index in [1.807, 2.05) is 13.8 Å². The van der Waals surface area contributed by atoms with Gasteiger partial charge in [0.2, 0.25) is 5.91 Å². The molecule has 1 aromatic rings. The van der Waals surface area contributed by atoms with E-state index < -0.39 is 11.9 Å². The van der Waals surface area contributed by atoms with Crippen LogP contribution in [0, 0.1) is 0 Å². The van der Waals surface area contributed by atoms with Crippen molar-refractivity contribution in [3.05, 3.63) is 28.4 Å². The van der Waals surface area contributed by atoms with Crippen molar-refractivity contribution in [1.29, 1.82) is 0 Å². The minimum absolute atomic E-state index is 0.254. The van der Waals surface area contributed by atoms with E-state index in [1.54, 1.807) is 12.1 Å². The fraction of sp³-hybridized carbons (Fsp3) is 0.333. The van der Waals surface area contributed by atoms with Gasteiger partial charge in [-0.05, 0) is 37.6 Å². The van der Waals surface area contributed by atoms with Gasteiger partial charge in [-0.3, -0.25) is 4.79 Å². The number of carboxylic acid groups (broad SMARTS) is 1. The molecule has 120 valence electrons. The van der Waals surface area contributed by atoms with Gasteiger partial charge in [-0.1, -0.05) is 11.6 Å². The Labute approximate surface area is 133 Å². The van der Waals surface area contributed by atoms with Crippen molar-refractivity contribution in [2.24, 2.45) is 0 Å². The topological polar surface area (TPSA) is 84.9 Å². The van der Waals surface area contributed by atoms with E-state index >= 15 is 0 Å². The Morgan fingerprint density at radius 3 is 2.41 bits per heavy atom. The van der Waals surface area contributed by atoms with Crippen molar-refractivity contribution in [2.45, 2.75) is 20.8 Å². The maximum atomic E-state index is 11.1. The van der Waals surface area contributed by atoms with Gasteiger partial charge < -0.3 is 19.9 Å². The SMILES string of the molecule is CCOc1cc(/C=C(/NC(C)=O)C(=O)O)cc(Cl)c1OCC. The van der Waals surface area contributed by atoms with Crippen LogP contribution in [0.2, 0.25) is 5.02 Å². The van der Waals surface area contributed by atoms with Gasteiger partial charge >= 0.3 is 5.97 Å². The lowest BCUT2D eigenvalue weighted by Crippen LogP contribution is -2.24. The molecule has 0 aromatic heterocycles. The number of rotatable bonds is 7. The molecule has 0 aliphatic carbocycles. The summed E-state index contributed by atoms with van der Waals surface area (Å²) in [5.74, 6) is -0.913. The number of hydrogen-bond donors (Lipinski definition) is 2. The van der Waals surface area contributed by atoms with Gasteiger partial charge in [-0.15, -0.1) is 0 Å². The first-order valence-corrected chi connectivity index (χ1v) is 7.08. The molecule has 0 radical (unpaired) electrons. The van der Waals surface area contributed by atoms with Crippen LogP contribution in [-0.4, -0.2) is 30.2 Å². The van der Waals surface area contributed by atoms with Crippen LogP contribution in [0.3, 0.4) is 0 Å². The molecule has 1 rings (SSSR count). The third-order valence-electron chi connectivity index (χ3n) is 2.47. The fourth-order valence-corrected chi connectivity index (χ4v) is 2.00. The van der Waals surface area contributed by atoms with Crippen LogP contribution in [0.25, 0.3) is 6.08 Å². The largest absolute Gasteiger partial charge is 0.490 e. The molecule has 22 heavy (non-hydrogen) atoms. The quantitative estimate of drug-likeness (QED) is 0.752. The predicted molar refractivity (Wildman–Crippen MR) is 83.2 cm³/mol. The molecular formula is C15H18ClNO5. The predicted octanol–water partition coefficient (Wildman–Crippen LogP) is 2.70. The first kappa shape index (κ1) is 17.8. The van der Waals surface area contributed by atoms with Crippen molar-refractivity contribution < 1.29 is 24.2 Å². The zero-order chi connectivity index (χ0) is 16.7. The summed E-state index contributed by atoms with van der Waals surface area (Å²) in [6, 6.07) is 3.14. The highest BCUT2D eigenvalue weighted by molar-refractivity contribution is 6.32. The van der Waals surface area contributed by atoms with Crippen LogP contribution in [0.15, 0.2) is 17.8 Å². The Balaban J connectivity index is 3.29. The number of ether oxygens (including phenoxy) is 2. The van der Waals surface area contributed by atoms with Crippen LogP contribution in [0.4, 0.5) is 0 Å². The van der Waals surface area contributed by atoms with Gasteiger partial charge in [0.15, 0.2) is 11.5 Å². The zero-order valence-corrected chi connectivity index (χ0v) is 13.4. The van der Waals surface area contributed by atoms with Gasteiger partial charge in [0, 0.05) is 6.92 Å². The van der Waals surface area contributed by atoms with Gasteiger partial charge in [-0.2, -0.15) is 0 Å². The lowest BCUT2D eigenvalue weighted by molar-refractivity contribution is -0.134. The van der Waals surface area contributed by atoms with E-state index in [0.717, 1.165) is 0 Å². The number of carbonyl (C=O) groups excluding carboxylic acids is 1. The van der Waals surface area contributed by atoms with Crippen LogP contribution < -0.4 is 14.8 Å². The number of amides is 1. The summed E-state index contributed by atoms with van der Waals surface area (Å²) in [5.41, 5.74) is 0.221. The van der Waals surface area contributed by atoms with Crippen molar-refractivity contribution in [3.63, 3.8) is 0 Å². The average molecular weight is 328 g/mol. The Kier molecular flexibility index (Phi) is 6.72. The number of carbonyl (C=O) groups is 2. The maximum Gasteiger partial charge on any atom is 0.352 e. The number of benzene rings is 1. The van der Waals surface area contributed by atoms with Gasteiger partial charge in [0.1, 0.15) is 5.70 Å². The second-order valence-electron chi connectivity index (χ2n) is 4.24. The lowest BCUT2D eigenvalue weighted by atomic mass is 10.1. The molecule has 0 spiro atoms. The summed E-state index contributed by atoms with van der Waals surface area (Å²) >= 11 is 6.15. The summed E-state index contributed by atoms with van der Waals surface area (Å²) in [4.78, 5) is 22.2. The van der Waals surface area contributed by atoms with Gasteiger partial charge in [0.25, 0.3) is 0 Å². The molecule has 0 saturated heterocycles. The van der Waals surface area contributed by atoms with E-state index in [2.05, 4.69) is 5.32 Å². The molecular weight excluding hydrogens is 310 g/mol. The number of aliphatic carboxylic acids is 1. The van der Waals surface area contributed by atoms with E-state index in [4.69, 9.17) is 26.2 Å². The highest BCUT2D eigenvalue weighted by Gasteiger charge is 2.14. The summed E-state index contributed by atoms with van der Waals surface area (Å²) in [6.07, 6.45) is 1.30. The fourth-order valence-electron chi connectivity index (χ4n) is 1.73. The summed E-state index contributed by atoms with van der Waals surface area (Å²) in [5, 5.41) is 11.6. The van der Waals surface area contributed by atoms with Crippen LogP contribution in [0.5, 0.6) is 11.5 Å². The highest BCUT2D eigenvalue weighted by atomic mass is 35.5. The number of halogens is 1. The Bertz CT molecular complexity index is 598. The summed E-state index contributed by atoms with van der Waals surface area (Å²) in [6.45, 7) is 5.68. The van der Waals surface area contributed by atoms with Crippen molar-refractivity contribution in [1.82, 2.24) is 5.32 Å². The minimum Gasteiger partial charge on any atom is -0.490 e. The van der Waals surface area contributed by atoms with Gasteiger partial charge in [-0.25, -0.2) is 4.79 Å². The smallest absolute Gasteiger partial charge is 0.352 e. The first-order chi connectivity index (χ1) is 10.4. The maximum absolute atomic E-state index is 11.1. The Morgan fingerprint density at radius 2 is 1.91 bits per heavy atom. The van der Waals surface area contributed by atoms with Crippen molar-refractivity contribution in [3.8, 4) is 11.5 Å². The van der Waals surface area contributed by atoms with Gasteiger partial charge in [0.05, 0.1) is 18.2 Å². The van der Waals surface area contributed by atoms with Crippen molar-refractivity contribution in [2.75, 3.05) is 13.2 Å². The number of nitrogens with one attached hydrogen (secondary N) is 1. The van der Waals surface area contributed by atoms with E-state index in [0.29, 0.717) is 35.3 Å². The summed E-state index contributed by atoms with van der Waals surface area (Å²) < 4.78 is 10.9. The van der Waals surface area contributed by atoms with Crippen LogP contribution >= 0.6 is 11.6 Å². The Hall–Kier alpha value is -2.21. The number of hydrogen-bond acceptors (Lipinski definition) is 4. The normalized spacial score (nSPS) is 11.0. The molecule has 0 aliphatic rings. The third-order valence-corrected chi connectivity index (χ3v) is 2.75. The Morgan fingerprint density at radius 1 is 1.27 bits per heavy atom. The van der Waals surface area contributed by atoms with Crippen LogP contribution in [-0.2, 0) is 9.59 Å². The van der Waals surface area contributed by atoms with Crippen LogP contribution in [0.1, 0.15) is 26.3 Å². The van der Waals surface area contributed by atoms with E-state index in [9.17, 15) is 9.59 Å². The molecule has 0 fully saturated rings. The van der Waals surface area contributed by atoms with Crippen molar-refractivity contribution >= 4 is 29.6 Å². The monoisotopic (exact) mass is 327 g/mol. The highest BCUT2D eigenvalue weighted by Crippen LogP contribution is 2.37. The standard InChI is InChI=1S/C15H18ClNO5/c1-4-21-13-8-10(6-11(16)14(13)22-5-2)7-12(15(19)20)17-9(3)18/h6-8H,4-5H2,1-3H3,(H,17,18)(H,19,20)/b12-7+. The first-order valence-electron chi connectivity index (χ1n) is 6.70. The molecule has 1 amide bonds. The average Bonchev–Trinajstić information content (AvgIpc) is 2.41. The minimum atomic E-state index is -1.25. The summed E-state index contributed by atoms with van der Waals surface area (Å²) in [7, 11) is 0.